The molecule has 3 aromatic carbocycles. The van der Waals surface area contributed by atoms with Crippen LogP contribution in [0.5, 0.6) is 0 Å². The van der Waals surface area contributed by atoms with Crippen molar-refractivity contribution < 1.29 is 14.3 Å². The third-order valence-corrected chi connectivity index (χ3v) is 5.68. The van der Waals surface area contributed by atoms with E-state index >= 15 is 0 Å². The van der Waals surface area contributed by atoms with Gasteiger partial charge >= 0.3 is 5.97 Å². The quantitative estimate of drug-likeness (QED) is 0.375. The largest absolute Gasteiger partial charge is 0.451 e. The molecule has 5 nitrogen and oxygen atoms in total. The monoisotopic (exact) mass is 448 g/mol. The maximum absolute atomic E-state index is 12.4. The average molecular weight is 449 g/mol. The fraction of sp³-hybridized carbons (Fsp3) is 0.0417. The van der Waals surface area contributed by atoms with Crippen molar-refractivity contribution in [2.75, 3.05) is 11.9 Å². The van der Waals surface area contributed by atoms with E-state index in [0.29, 0.717) is 16.2 Å². The molecule has 0 bridgehead atoms. The molecule has 1 aromatic heterocycles. The first kappa shape index (κ1) is 20.9. The number of carbonyl (C=O) groups excluding carboxylic acids is 2. The van der Waals surface area contributed by atoms with E-state index < -0.39 is 18.5 Å². The first-order chi connectivity index (χ1) is 15.1. The van der Waals surface area contributed by atoms with Crippen LogP contribution >= 0.6 is 23.4 Å². The van der Waals surface area contributed by atoms with Crippen LogP contribution in [0.15, 0.2) is 94.7 Å². The molecule has 4 rings (SSSR count). The van der Waals surface area contributed by atoms with E-state index in [1.54, 1.807) is 18.2 Å². The van der Waals surface area contributed by atoms with Crippen molar-refractivity contribution in [3.8, 4) is 0 Å². The number of amides is 1. The molecule has 0 aliphatic heterocycles. The molecule has 31 heavy (non-hydrogen) atoms. The van der Waals surface area contributed by atoms with Gasteiger partial charge in [-0.25, -0.2) is 9.78 Å². The molecule has 0 unspecified atom stereocenters. The molecule has 0 atom stereocenters. The van der Waals surface area contributed by atoms with Crippen molar-refractivity contribution >= 4 is 51.8 Å². The van der Waals surface area contributed by atoms with E-state index in [9.17, 15) is 9.59 Å². The third kappa shape index (κ3) is 5.42. The van der Waals surface area contributed by atoms with Gasteiger partial charge in [0.05, 0.1) is 11.2 Å². The number of aromatic nitrogens is 1. The minimum absolute atomic E-state index is 0.158. The minimum Gasteiger partial charge on any atom is -0.451 e. The Bertz CT molecular complexity index is 1250. The maximum Gasteiger partial charge on any atom is 0.357 e. The summed E-state index contributed by atoms with van der Waals surface area (Å²) in [7, 11) is 0. The number of esters is 1. The predicted molar refractivity (Wildman–Crippen MR) is 123 cm³/mol. The van der Waals surface area contributed by atoms with Crippen LogP contribution in [-0.4, -0.2) is 23.5 Å². The lowest BCUT2D eigenvalue weighted by Crippen LogP contribution is -2.21. The number of fused-ring (bicyclic) bond motifs is 1. The number of pyridine rings is 1. The van der Waals surface area contributed by atoms with Gasteiger partial charge in [-0.2, -0.15) is 0 Å². The Hall–Kier alpha value is -3.35. The van der Waals surface area contributed by atoms with E-state index in [4.69, 9.17) is 16.3 Å². The fourth-order valence-corrected chi connectivity index (χ4v) is 3.89. The molecule has 1 heterocycles. The molecule has 0 fully saturated rings. The molecule has 0 saturated carbocycles. The number of ether oxygens (including phenoxy) is 1. The molecule has 0 aliphatic carbocycles. The summed E-state index contributed by atoms with van der Waals surface area (Å²) in [6.45, 7) is -0.409. The van der Waals surface area contributed by atoms with Crippen molar-refractivity contribution in [3.63, 3.8) is 0 Å². The van der Waals surface area contributed by atoms with Crippen molar-refractivity contribution in [2.24, 2.45) is 0 Å². The summed E-state index contributed by atoms with van der Waals surface area (Å²) in [6, 6.07) is 25.7. The number of para-hydroxylation sites is 2. The molecule has 1 N–H and O–H groups in total. The Morgan fingerprint density at radius 1 is 0.903 bits per heavy atom. The lowest BCUT2D eigenvalue weighted by atomic mass is 10.2. The molecule has 0 spiro atoms. The van der Waals surface area contributed by atoms with Gasteiger partial charge in [-0.1, -0.05) is 59.8 Å². The summed E-state index contributed by atoms with van der Waals surface area (Å²) in [5.41, 5.74) is 1.48. The zero-order valence-electron chi connectivity index (χ0n) is 16.2. The second-order valence-electron chi connectivity index (χ2n) is 6.57. The summed E-state index contributed by atoms with van der Waals surface area (Å²) in [5.74, 6) is -1.08. The van der Waals surface area contributed by atoms with Crippen LogP contribution in [0, 0.1) is 0 Å². The summed E-state index contributed by atoms with van der Waals surface area (Å²) in [4.78, 5) is 30.8. The highest BCUT2D eigenvalue weighted by Crippen LogP contribution is 2.33. The van der Waals surface area contributed by atoms with Gasteiger partial charge in [-0.3, -0.25) is 4.79 Å². The Morgan fingerprint density at radius 2 is 1.65 bits per heavy atom. The van der Waals surface area contributed by atoms with Crippen LogP contribution < -0.4 is 5.32 Å². The SMILES string of the molecule is O=C(COC(=O)c1ccc2ccccc2n1)Nc1ccccc1Sc1ccc(Cl)cc1. The fourth-order valence-electron chi connectivity index (χ4n) is 2.86. The van der Waals surface area contributed by atoms with E-state index in [1.807, 2.05) is 66.7 Å². The minimum atomic E-state index is -0.648. The highest BCUT2D eigenvalue weighted by Gasteiger charge is 2.14. The van der Waals surface area contributed by atoms with E-state index in [1.165, 1.54) is 11.8 Å². The first-order valence-electron chi connectivity index (χ1n) is 9.44. The van der Waals surface area contributed by atoms with Gasteiger partial charge in [-0.05, 0) is 48.5 Å². The van der Waals surface area contributed by atoms with Gasteiger partial charge in [0.15, 0.2) is 6.61 Å². The van der Waals surface area contributed by atoms with E-state index in [2.05, 4.69) is 10.3 Å². The molecule has 7 heteroatoms. The van der Waals surface area contributed by atoms with Gasteiger partial charge in [-0.15, -0.1) is 0 Å². The highest BCUT2D eigenvalue weighted by molar-refractivity contribution is 7.99. The van der Waals surface area contributed by atoms with Gasteiger partial charge in [0.25, 0.3) is 5.91 Å². The molecule has 0 saturated heterocycles. The van der Waals surface area contributed by atoms with Crippen molar-refractivity contribution in [3.05, 3.63) is 95.6 Å². The van der Waals surface area contributed by atoms with Crippen molar-refractivity contribution in [1.29, 1.82) is 0 Å². The number of benzene rings is 3. The van der Waals surface area contributed by atoms with Crippen molar-refractivity contribution in [2.45, 2.75) is 9.79 Å². The zero-order chi connectivity index (χ0) is 21.6. The molecule has 0 aliphatic rings. The maximum atomic E-state index is 12.4. The second-order valence-corrected chi connectivity index (χ2v) is 8.12. The van der Waals surface area contributed by atoms with Crippen LogP contribution in [-0.2, 0) is 9.53 Å². The topological polar surface area (TPSA) is 68.3 Å². The summed E-state index contributed by atoms with van der Waals surface area (Å²) in [5, 5.41) is 4.38. The Balaban J connectivity index is 1.38. The Kier molecular flexibility index (Phi) is 6.50. The van der Waals surface area contributed by atoms with E-state index in [0.717, 1.165) is 15.2 Å². The number of halogens is 1. The van der Waals surface area contributed by atoms with Gasteiger partial charge in [0, 0.05) is 20.2 Å². The molecule has 154 valence electrons. The molecule has 4 aromatic rings. The lowest BCUT2D eigenvalue weighted by Gasteiger charge is -2.11. The molecule has 0 radical (unpaired) electrons. The average Bonchev–Trinajstić information content (AvgIpc) is 2.80. The number of anilines is 1. The number of hydrogen-bond acceptors (Lipinski definition) is 5. The van der Waals surface area contributed by atoms with Crippen LogP contribution in [0.2, 0.25) is 5.02 Å². The lowest BCUT2D eigenvalue weighted by molar-refractivity contribution is -0.119. The molecular weight excluding hydrogens is 432 g/mol. The third-order valence-electron chi connectivity index (χ3n) is 4.34. The highest BCUT2D eigenvalue weighted by atomic mass is 35.5. The van der Waals surface area contributed by atoms with E-state index in [-0.39, 0.29) is 5.69 Å². The number of rotatable bonds is 6. The summed E-state index contributed by atoms with van der Waals surface area (Å²) < 4.78 is 5.15. The smallest absolute Gasteiger partial charge is 0.357 e. The number of carbonyl (C=O) groups is 2. The van der Waals surface area contributed by atoms with Crippen LogP contribution in [0.3, 0.4) is 0 Å². The first-order valence-corrected chi connectivity index (χ1v) is 10.6. The van der Waals surface area contributed by atoms with Gasteiger partial charge in [0.2, 0.25) is 0 Å². The summed E-state index contributed by atoms with van der Waals surface area (Å²) >= 11 is 7.43. The Labute approximate surface area is 188 Å². The zero-order valence-corrected chi connectivity index (χ0v) is 17.8. The summed E-state index contributed by atoms with van der Waals surface area (Å²) in [6.07, 6.45) is 0. The number of nitrogens with zero attached hydrogens (tertiary/aromatic N) is 1. The standard InChI is InChI=1S/C24H17ClN2O3S/c25-17-10-12-18(13-11-17)31-22-8-4-3-7-20(22)27-23(28)15-30-24(29)21-14-9-16-5-1-2-6-19(16)26-21/h1-14H,15H2,(H,27,28). The van der Waals surface area contributed by atoms with Gasteiger partial charge < -0.3 is 10.1 Å². The number of hydrogen-bond donors (Lipinski definition) is 1. The normalized spacial score (nSPS) is 10.6. The van der Waals surface area contributed by atoms with Crippen molar-refractivity contribution in [1.82, 2.24) is 4.98 Å². The molecular formula is C24H17ClN2O3S. The van der Waals surface area contributed by atoms with Crippen LogP contribution in [0.25, 0.3) is 10.9 Å². The molecule has 1 amide bonds. The predicted octanol–water partition coefficient (Wildman–Crippen LogP) is 5.83. The van der Waals surface area contributed by atoms with Crippen LogP contribution in [0.1, 0.15) is 10.5 Å². The second kappa shape index (κ2) is 9.64. The van der Waals surface area contributed by atoms with Gasteiger partial charge in [0.1, 0.15) is 5.69 Å². The Morgan fingerprint density at radius 3 is 2.48 bits per heavy atom. The number of nitrogens with one attached hydrogen (secondary N) is 1. The van der Waals surface area contributed by atoms with Crippen LogP contribution in [0.4, 0.5) is 5.69 Å².